The van der Waals surface area contributed by atoms with Gasteiger partial charge in [0.1, 0.15) is 5.54 Å². The first kappa shape index (κ1) is 15.7. The molecule has 5 heteroatoms. The standard InChI is InChI=1S/C15H30N4O/c1-11(2)17-15(4,14(16)20)10-19-9-13-6-5-7-18(13)8-12(19)3/h11-13,17H,5-10H2,1-4H3,(H2,16,20). The van der Waals surface area contributed by atoms with Crippen LogP contribution in [-0.4, -0.2) is 65.6 Å². The van der Waals surface area contributed by atoms with Gasteiger partial charge in [-0.1, -0.05) is 0 Å². The van der Waals surface area contributed by atoms with Crippen molar-refractivity contribution < 1.29 is 4.79 Å². The Bertz CT molecular complexity index is 360. The van der Waals surface area contributed by atoms with E-state index in [9.17, 15) is 4.79 Å². The molecule has 116 valence electrons. The molecule has 0 radical (unpaired) electrons. The van der Waals surface area contributed by atoms with Gasteiger partial charge >= 0.3 is 0 Å². The van der Waals surface area contributed by atoms with E-state index in [1.54, 1.807) is 0 Å². The summed E-state index contributed by atoms with van der Waals surface area (Å²) in [6.45, 7) is 12.4. The summed E-state index contributed by atoms with van der Waals surface area (Å²) in [4.78, 5) is 16.9. The topological polar surface area (TPSA) is 61.6 Å². The molecule has 3 N–H and O–H groups in total. The summed E-state index contributed by atoms with van der Waals surface area (Å²) in [7, 11) is 0. The lowest BCUT2D eigenvalue weighted by Gasteiger charge is -2.45. The lowest BCUT2D eigenvalue weighted by molar-refractivity contribution is -0.125. The highest BCUT2D eigenvalue weighted by atomic mass is 16.1. The van der Waals surface area contributed by atoms with Gasteiger partial charge in [0.15, 0.2) is 0 Å². The minimum absolute atomic E-state index is 0.246. The zero-order valence-corrected chi connectivity index (χ0v) is 13.4. The van der Waals surface area contributed by atoms with Gasteiger partial charge < -0.3 is 11.1 Å². The summed E-state index contributed by atoms with van der Waals surface area (Å²) in [6.07, 6.45) is 2.59. The fourth-order valence-electron chi connectivity index (χ4n) is 3.71. The Morgan fingerprint density at radius 1 is 1.45 bits per heavy atom. The monoisotopic (exact) mass is 282 g/mol. The zero-order chi connectivity index (χ0) is 14.9. The van der Waals surface area contributed by atoms with E-state index in [0.717, 1.165) is 13.1 Å². The largest absolute Gasteiger partial charge is 0.368 e. The quantitative estimate of drug-likeness (QED) is 0.766. The lowest BCUT2D eigenvalue weighted by Crippen LogP contribution is -2.65. The van der Waals surface area contributed by atoms with Crippen LogP contribution in [0.4, 0.5) is 0 Å². The summed E-state index contributed by atoms with van der Waals surface area (Å²) >= 11 is 0. The molecule has 2 aliphatic heterocycles. The van der Waals surface area contributed by atoms with Crippen LogP contribution in [0.5, 0.6) is 0 Å². The van der Waals surface area contributed by atoms with Crippen LogP contribution < -0.4 is 11.1 Å². The van der Waals surface area contributed by atoms with Crippen molar-refractivity contribution in [2.75, 3.05) is 26.2 Å². The highest BCUT2D eigenvalue weighted by Crippen LogP contribution is 2.25. The van der Waals surface area contributed by atoms with Crippen LogP contribution in [-0.2, 0) is 4.79 Å². The molecule has 3 unspecified atom stereocenters. The van der Waals surface area contributed by atoms with E-state index in [4.69, 9.17) is 5.73 Å². The van der Waals surface area contributed by atoms with Crippen LogP contribution in [0, 0.1) is 0 Å². The van der Waals surface area contributed by atoms with Gasteiger partial charge in [0.2, 0.25) is 5.91 Å². The van der Waals surface area contributed by atoms with E-state index in [-0.39, 0.29) is 11.9 Å². The maximum atomic E-state index is 11.9. The van der Waals surface area contributed by atoms with Gasteiger partial charge in [-0.25, -0.2) is 0 Å². The van der Waals surface area contributed by atoms with E-state index >= 15 is 0 Å². The Balaban J connectivity index is 2.04. The third kappa shape index (κ3) is 3.32. The first-order valence-electron chi connectivity index (χ1n) is 7.87. The molecule has 0 aliphatic carbocycles. The van der Waals surface area contributed by atoms with Gasteiger partial charge in [0.25, 0.3) is 0 Å². The van der Waals surface area contributed by atoms with Gasteiger partial charge in [0, 0.05) is 37.8 Å². The number of nitrogens with zero attached hydrogens (tertiary/aromatic N) is 2. The smallest absolute Gasteiger partial charge is 0.238 e. The Labute approximate surface area is 122 Å². The fraction of sp³-hybridized carbons (Fsp3) is 0.933. The Morgan fingerprint density at radius 2 is 2.15 bits per heavy atom. The first-order chi connectivity index (χ1) is 9.32. The van der Waals surface area contributed by atoms with Crippen LogP contribution in [0.2, 0.25) is 0 Å². The summed E-state index contributed by atoms with van der Waals surface area (Å²) in [5.41, 5.74) is 5.00. The predicted octanol–water partition coefficient (Wildman–Crippen LogP) is 0.397. The second kappa shape index (κ2) is 6.00. The number of hydrogen-bond donors (Lipinski definition) is 2. The molecule has 2 aliphatic rings. The van der Waals surface area contributed by atoms with Crippen LogP contribution in [0.3, 0.4) is 0 Å². The number of carbonyl (C=O) groups is 1. The fourth-order valence-corrected chi connectivity index (χ4v) is 3.71. The van der Waals surface area contributed by atoms with Crippen LogP contribution in [0.15, 0.2) is 0 Å². The molecule has 0 aromatic heterocycles. The molecule has 0 aromatic rings. The maximum absolute atomic E-state index is 11.9. The average molecular weight is 282 g/mol. The number of amides is 1. The van der Waals surface area contributed by atoms with Gasteiger partial charge in [-0.05, 0) is 47.1 Å². The number of nitrogens with one attached hydrogen (secondary N) is 1. The van der Waals surface area contributed by atoms with E-state index in [0.29, 0.717) is 18.6 Å². The maximum Gasteiger partial charge on any atom is 0.238 e. The van der Waals surface area contributed by atoms with Crippen molar-refractivity contribution in [1.29, 1.82) is 0 Å². The Morgan fingerprint density at radius 3 is 2.75 bits per heavy atom. The summed E-state index contributed by atoms with van der Waals surface area (Å²) in [5, 5.41) is 3.35. The minimum Gasteiger partial charge on any atom is -0.368 e. The number of piperazine rings is 1. The first-order valence-corrected chi connectivity index (χ1v) is 7.87. The number of hydrogen-bond acceptors (Lipinski definition) is 4. The van der Waals surface area contributed by atoms with Crippen LogP contribution >= 0.6 is 0 Å². The molecule has 0 aromatic carbocycles. The SMILES string of the molecule is CC(C)NC(C)(CN1CC2CCCN2CC1C)C(N)=O. The minimum atomic E-state index is -0.650. The number of fused-ring (bicyclic) bond motifs is 1. The summed E-state index contributed by atoms with van der Waals surface area (Å²) in [5.74, 6) is -0.257. The number of rotatable bonds is 5. The van der Waals surface area contributed by atoms with Crippen molar-refractivity contribution >= 4 is 5.91 Å². The van der Waals surface area contributed by atoms with Crippen molar-refractivity contribution in [2.45, 2.75) is 64.2 Å². The van der Waals surface area contributed by atoms with E-state index < -0.39 is 5.54 Å². The Hall–Kier alpha value is -0.650. The normalized spacial score (nSPS) is 31.2. The zero-order valence-electron chi connectivity index (χ0n) is 13.4. The average Bonchev–Trinajstić information content (AvgIpc) is 2.75. The molecule has 5 nitrogen and oxygen atoms in total. The van der Waals surface area contributed by atoms with E-state index in [1.807, 2.05) is 6.92 Å². The Kier molecular flexibility index (Phi) is 4.72. The molecule has 2 saturated heterocycles. The molecule has 2 heterocycles. The lowest BCUT2D eigenvalue weighted by atomic mass is 9.96. The van der Waals surface area contributed by atoms with Crippen molar-refractivity contribution in [1.82, 2.24) is 15.1 Å². The molecule has 0 spiro atoms. The van der Waals surface area contributed by atoms with Crippen LogP contribution in [0.25, 0.3) is 0 Å². The van der Waals surface area contributed by atoms with Crippen molar-refractivity contribution in [3.05, 3.63) is 0 Å². The van der Waals surface area contributed by atoms with Crippen molar-refractivity contribution in [3.63, 3.8) is 0 Å². The number of primary amides is 1. The van der Waals surface area contributed by atoms with Crippen molar-refractivity contribution in [2.24, 2.45) is 5.73 Å². The number of nitrogens with two attached hydrogens (primary N) is 1. The van der Waals surface area contributed by atoms with Crippen molar-refractivity contribution in [3.8, 4) is 0 Å². The molecule has 20 heavy (non-hydrogen) atoms. The van der Waals surface area contributed by atoms with Gasteiger partial charge in [0.05, 0.1) is 0 Å². The molecule has 0 bridgehead atoms. The molecular formula is C15H30N4O. The molecule has 3 atom stereocenters. The van der Waals surface area contributed by atoms with Crippen LogP contribution in [0.1, 0.15) is 40.5 Å². The second-order valence-corrected chi connectivity index (χ2v) is 7.06. The molecule has 2 fully saturated rings. The molecular weight excluding hydrogens is 252 g/mol. The van der Waals surface area contributed by atoms with Gasteiger partial charge in [-0.2, -0.15) is 0 Å². The third-order valence-electron chi connectivity index (χ3n) is 4.74. The summed E-state index contributed by atoms with van der Waals surface area (Å²) in [6, 6.07) is 1.40. The van der Waals surface area contributed by atoms with Gasteiger partial charge in [-0.15, -0.1) is 0 Å². The van der Waals surface area contributed by atoms with Gasteiger partial charge in [-0.3, -0.25) is 14.6 Å². The molecule has 2 rings (SSSR count). The molecule has 1 amide bonds. The summed E-state index contributed by atoms with van der Waals surface area (Å²) < 4.78 is 0. The van der Waals surface area contributed by atoms with E-state index in [1.165, 1.54) is 19.4 Å². The highest BCUT2D eigenvalue weighted by Gasteiger charge is 2.40. The van der Waals surface area contributed by atoms with E-state index in [2.05, 4.69) is 35.9 Å². The third-order valence-corrected chi connectivity index (χ3v) is 4.74. The molecule has 0 saturated carbocycles. The highest BCUT2D eigenvalue weighted by molar-refractivity contribution is 5.84. The predicted molar refractivity (Wildman–Crippen MR) is 81.5 cm³/mol. The second-order valence-electron chi connectivity index (χ2n) is 7.06. The number of carbonyl (C=O) groups excluding carboxylic acids is 1.